The molecule has 2 aromatic heterocycles. The van der Waals surface area contributed by atoms with Gasteiger partial charge in [-0.25, -0.2) is 4.98 Å². The summed E-state index contributed by atoms with van der Waals surface area (Å²) < 4.78 is 10.8. The molecule has 5 nitrogen and oxygen atoms in total. The molecule has 24 heavy (non-hydrogen) atoms. The highest BCUT2D eigenvalue weighted by atomic mass is 16.5. The Morgan fingerprint density at radius 3 is 2.58 bits per heavy atom. The second-order valence-corrected chi connectivity index (χ2v) is 5.48. The third-order valence-electron chi connectivity index (χ3n) is 3.89. The van der Waals surface area contributed by atoms with Crippen molar-refractivity contribution in [3.05, 3.63) is 60.2 Å². The molecule has 0 saturated heterocycles. The van der Waals surface area contributed by atoms with Gasteiger partial charge in [-0.05, 0) is 30.7 Å². The second kappa shape index (κ2) is 5.77. The van der Waals surface area contributed by atoms with Gasteiger partial charge in [0.05, 0.1) is 18.2 Å². The predicted octanol–water partition coefficient (Wildman–Crippen LogP) is 4.27. The van der Waals surface area contributed by atoms with Crippen molar-refractivity contribution in [1.29, 1.82) is 0 Å². The van der Waals surface area contributed by atoms with E-state index in [9.17, 15) is 0 Å². The topological polar surface area (TPSA) is 61.0 Å². The molecule has 2 heterocycles. The number of ether oxygens (including phenoxy) is 1. The highest BCUT2D eigenvalue weighted by Gasteiger charge is 2.17. The average molecular weight is 317 g/mol. The van der Waals surface area contributed by atoms with Crippen LogP contribution in [0.4, 0.5) is 0 Å². The summed E-state index contributed by atoms with van der Waals surface area (Å²) in [6.07, 6.45) is 0. The van der Waals surface area contributed by atoms with Gasteiger partial charge in [0.2, 0.25) is 11.7 Å². The molecular formula is C19H15N3O2. The molecule has 0 fully saturated rings. The summed E-state index contributed by atoms with van der Waals surface area (Å²) in [6, 6.07) is 17.7. The fourth-order valence-electron chi connectivity index (χ4n) is 2.68. The zero-order valence-electron chi connectivity index (χ0n) is 13.4. The highest BCUT2D eigenvalue weighted by Crippen LogP contribution is 2.32. The van der Waals surface area contributed by atoms with E-state index in [1.807, 2.05) is 61.5 Å². The van der Waals surface area contributed by atoms with Gasteiger partial charge in [0, 0.05) is 10.9 Å². The maximum Gasteiger partial charge on any atom is 0.258 e. The van der Waals surface area contributed by atoms with Crippen LogP contribution in [-0.2, 0) is 0 Å². The number of fused-ring (bicyclic) bond motifs is 1. The maximum absolute atomic E-state index is 5.45. The van der Waals surface area contributed by atoms with Gasteiger partial charge in [0.1, 0.15) is 0 Å². The van der Waals surface area contributed by atoms with Crippen molar-refractivity contribution < 1.29 is 9.26 Å². The molecule has 0 radical (unpaired) electrons. The van der Waals surface area contributed by atoms with Gasteiger partial charge >= 0.3 is 0 Å². The van der Waals surface area contributed by atoms with Crippen molar-refractivity contribution in [3.8, 4) is 28.7 Å². The van der Waals surface area contributed by atoms with Gasteiger partial charge in [-0.1, -0.05) is 41.6 Å². The molecule has 4 rings (SSSR count). The molecule has 0 aliphatic rings. The van der Waals surface area contributed by atoms with Gasteiger partial charge in [-0.3, -0.25) is 0 Å². The first kappa shape index (κ1) is 14.4. The zero-order chi connectivity index (χ0) is 16.5. The summed E-state index contributed by atoms with van der Waals surface area (Å²) in [6.45, 7) is 2.02. The van der Waals surface area contributed by atoms with Crippen LogP contribution in [0.5, 0.6) is 5.88 Å². The first-order chi connectivity index (χ1) is 11.8. The normalized spacial score (nSPS) is 10.9. The number of hydrogen-bond acceptors (Lipinski definition) is 5. The van der Waals surface area contributed by atoms with E-state index in [0.717, 1.165) is 22.0 Å². The van der Waals surface area contributed by atoms with E-state index in [-0.39, 0.29) is 0 Å². The Balaban J connectivity index is 1.86. The van der Waals surface area contributed by atoms with Crippen LogP contribution in [0.25, 0.3) is 33.7 Å². The van der Waals surface area contributed by atoms with E-state index in [1.54, 1.807) is 7.11 Å². The highest BCUT2D eigenvalue weighted by molar-refractivity contribution is 5.87. The smallest absolute Gasteiger partial charge is 0.258 e. The van der Waals surface area contributed by atoms with Crippen molar-refractivity contribution in [2.45, 2.75) is 6.92 Å². The lowest BCUT2D eigenvalue weighted by molar-refractivity contribution is 0.399. The maximum atomic E-state index is 5.45. The monoisotopic (exact) mass is 317 g/mol. The SMILES string of the molecule is COc1nc2c(C)cccc2cc1-c1noc(-c2ccccc2)n1. The third kappa shape index (κ3) is 2.40. The molecule has 0 unspecified atom stereocenters. The molecule has 2 aromatic carbocycles. The Bertz CT molecular complexity index is 1010. The number of rotatable bonds is 3. The summed E-state index contributed by atoms with van der Waals surface area (Å²) >= 11 is 0. The predicted molar refractivity (Wildman–Crippen MR) is 91.8 cm³/mol. The number of nitrogens with zero attached hydrogens (tertiary/aromatic N) is 3. The van der Waals surface area contributed by atoms with E-state index < -0.39 is 0 Å². The van der Waals surface area contributed by atoms with Gasteiger partial charge in [-0.2, -0.15) is 4.98 Å². The van der Waals surface area contributed by atoms with E-state index in [0.29, 0.717) is 23.2 Å². The van der Waals surface area contributed by atoms with Crippen LogP contribution >= 0.6 is 0 Å². The Morgan fingerprint density at radius 2 is 1.79 bits per heavy atom. The fraction of sp³-hybridized carbons (Fsp3) is 0.105. The number of methoxy groups -OCH3 is 1. The minimum absolute atomic E-state index is 0.460. The van der Waals surface area contributed by atoms with Crippen LogP contribution in [0.15, 0.2) is 59.1 Å². The lowest BCUT2D eigenvalue weighted by Gasteiger charge is -2.08. The third-order valence-corrected chi connectivity index (χ3v) is 3.89. The first-order valence-corrected chi connectivity index (χ1v) is 7.60. The molecule has 0 saturated carbocycles. The quantitative estimate of drug-likeness (QED) is 0.565. The molecule has 0 aliphatic heterocycles. The molecule has 4 aromatic rings. The standard InChI is InChI=1S/C19H15N3O2/c1-12-7-6-10-14-11-15(19(23-2)20-16(12)14)17-21-18(24-22-17)13-8-4-3-5-9-13/h3-11H,1-2H3. The zero-order valence-corrected chi connectivity index (χ0v) is 13.4. The summed E-state index contributed by atoms with van der Waals surface area (Å²) in [4.78, 5) is 9.10. The molecule has 0 aliphatic carbocycles. The Labute approximate surface area is 138 Å². The van der Waals surface area contributed by atoms with Crippen molar-refractivity contribution in [2.24, 2.45) is 0 Å². The molecule has 0 N–H and O–H groups in total. The van der Waals surface area contributed by atoms with E-state index >= 15 is 0 Å². The van der Waals surface area contributed by atoms with Crippen LogP contribution in [0, 0.1) is 6.92 Å². The van der Waals surface area contributed by atoms with Gasteiger partial charge in [0.15, 0.2) is 0 Å². The number of para-hydroxylation sites is 1. The second-order valence-electron chi connectivity index (χ2n) is 5.48. The van der Waals surface area contributed by atoms with Crippen molar-refractivity contribution in [3.63, 3.8) is 0 Å². The fourth-order valence-corrected chi connectivity index (χ4v) is 2.68. The van der Waals surface area contributed by atoms with Gasteiger partial charge < -0.3 is 9.26 Å². The van der Waals surface area contributed by atoms with E-state index in [1.165, 1.54) is 0 Å². The van der Waals surface area contributed by atoms with Crippen molar-refractivity contribution in [1.82, 2.24) is 15.1 Å². The molecule has 118 valence electrons. The number of aromatic nitrogens is 3. The summed E-state index contributed by atoms with van der Waals surface area (Å²) in [5.74, 6) is 1.41. The first-order valence-electron chi connectivity index (χ1n) is 7.60. The van der Waals surface area contributed by atoms with E-state index in [4.69, 9.17) is 9.26 Å². The van der Waals surface area contributed by atoms with Crippen LogP contribution < -0.4 is 4.74 Å². The molecule has 0 spiro atoms. The van der Waals surface area contributed by atoms with Gasteiger partial charge in [0.25, 0.3) is 5.89 Å². The summed E-state index contributed by atoms with van der Waals surface area (Å²) in [5, 5.41) is 5.11. The van der Waals surface area contributed by atoms with Crippen LogP contribution in [-0.4, -0.2) is 22.2 Å². The number of benzene rings is 2. The molecular weight excluding hydrogens is 302 g/mol. The van der Waals surface area contributed by atoms with Crippen molar-refractivity contribution >= 4 is 10.9 Å². The summed E-state index contributed by atoms with van der Waals surface area (Å²) in [5.41, 5.74) is 3.58. The average Bonchev–Trinajstić information content (AvgIpc) is 3.12. The number of pyridine rings is 1. The number of hydrogen-bond donors (Lipinski definition) is 0. The Morgan fingerprint density at radius 1 is 0.958 bits per heavy atom. The van der Waals surface area contributed by atoms with Crippen LogP contribution in [0.2, 0.25) is 0 Å². The molecule has 0 bridgehead atoms. The molecule has 5 heteroatoms. The van der Waals surface area contributed by atoms with E-state index in [2.05, 4.69) is 15.1 Å². The van der Waals surface area contributed by atoms with Gasteiger partial charge in [-0.15, -0.1) is 0 Å². The minimum atomic E-state index is 0.460. The largest absolute Gasteiger partial charge is 0.480 e. The van der Waals surface area contributed by atoms with Crippen LogP contribution in [0.1, 0.15) is 5.56 Å². The Kier molecular flexibility index (Phi) is 3.46. The van der Waals surface area contributed by atoms with Crippen LogP contribution in [0.3, 0.4) is 0 Å². The molecule has 0 amide bonds. The molecule has 0 atom stereocenters. The van der Waals surface area contributed by atoms with Crippen molar-refractivity contribution in [2.75, 3.05) is 7.11 Å². The lowest BCUT2D eigenvalue weighted by Crippen LogP contribution is -1.95. The lowest BCUT2D eigenvalue weighted by atomic mass is 10.1. The minimum Gasteiger partial charge on any atom is -0.480 e. The summed E-state index contributed by atoms with van der Waals surface area (Å²) in [7, 11) is 1.59. The number of aryl methyl sites for hydroxylation is 1. The Hall–Kier alpha value is -3.21.